The molecular formula is C22H19FN4OS2. The molecule has 0 atom stereocenters. The molecule has 2 aromatic carbocycles. The molecular weight excluding hydrogens is 419 g/mol. The number of hydrogen-bond acceptors (Lipinski definition) is 5. The summed E-state index contributed by atoms with van der Waals surface area (Å²) in [6.07, 6.45) is 0. The zero-order chi connectivity index (χ0) is 20.9. The highest BCUT2D eigenvalue weighted by atomic mass is 32.2. The maximum atomic E-state index is 14.4. The molecule has 0 saturated carbocycles. The van der Waals surface area contributed by atoms with Crippen LogP contribution in [0.3, 0.4) is 0 Å². The monoisotopic (exact) mass is 438 g/mol. The fourth-order valence-corrected chi connectivity index (χ4v) is 4.60. The Balaban J connectivity index is 1.59. The number of thiophene rings is 1. The van der Waals surface area contributed by atoms with Crippen LogP contribution in [0.15, 0.2) is 77.3 Å². The zero-order valence-corrected chi connectivity index (χ0v) is 17.9. The second-order valence-corrected chi connectivity index (χ2v) is 8.55. The largest absolute Gasteiger partial charge is 0.340 e. The standard InChI is InChI=1S/C22H19FN4OS2/c1-26(14-17-10-7-13-29-17)20(28)15-30-22-25-24-21(18-11-5-6-12-19(18)23)27(22)16-8-3-2-4-9-16/h2-13H,14-15H2,1H3. The smallest absolute Gasteiger partial charge is 0.233 e. The van der Waals surface area contributed by atoms with Crippen LogP contribution in [0.4, 0.5) is 4.39 Å². The summed E-state index contributed by atoms with van der Waals surface area (Å²) in [5, 5.41) is 11.0. The number of benzene rings is 2. The second kappa shape index (κ2) is 9.23. The van der Waals surface area contributed by atoms with E-state index in [-0.39, 0.29) is 17.5 Å². The molecule has 8 heteroatoms. The van der Waals surface area contributed by atoms with Crippen LogP contribution in [0.1, 0.15) is 4.88 Å². The first-order chi connectivity index (χ1) is 14.6. The van der Waals surface area contributed by atoms with Gasteiger partial charge in [-0.15, -0.1) is 21.5 Å². The highest BCUT2D eigenvalue weighted by Gasteiger charge is 2.20. The number of hydrogen-bond donors (Lipinski definition) is 0. The zero-order valence-electron chi connectivity index (χ0n) is 16.2. The van der Waals surface area contributed by atoms with Gasteiger partial charge in [0.1, 0.15) is 5.82 Å². The summed E-state index contributed by atoms with van der Waals surface area (Å²) in [5.74, 6) is 0.236. The van der Waals surface area contributed by atoms with Gasteiger partial charge in [0.25, 0.3) is 0 Å². The molecule has 1 amide bonds. The molecule has 0 N–H and O–H groups in total. The number of carbonyl (C=O) groups excluding carboxylic acids is 1. The highest BCUT2D eigenvalue weighted by Crippen LogP contribution is 2.29. The third-order valence-corrected chi connectivity index (χ3v) is 6.26. The summed E-state index contributed by atoms with van der Waals surface area (Å²) in [6, 6.07) is 20.0. The summed E-state index contributed by atoms with van der Waals surface area (Å²) < 4.78 is 16.2. The van der Waals surface area contributed by atoms with E-state index in [0.29, 0.717) is 23.1 Å². The summed E-state index contributed by atoms with van der Waals surface area (Å²) in [4.78, 5) is 15.4. The number of nitrogens with zero attached hydrogens (tertiary/aromatic N) is 4. The molecule has 5 nitrogen and oxygen atoms in total. The van der Waals surface area contributed by atoms with Gasteiger partial charge < -0.3 is 4.90 Å². The van der Waals surface area contributed by atoms with Gasteiger partial charge in [-0.25, -0.2) is 4.39 Å². The quantitative estimate of drug-likeness (QED) is 0.386. The molecule has 4 rings (SSSR count). The van der Waals surface area contributed by atoms with E-state index in [4.69, 9.17) is 0 Å². The van der Waals surface area contributed by atoms with E-state index in [1.807, 2.05) is 47.8 Å². The lowest BCUT2D eigenvalue weighted by Gasteiger charge is -2.16. The molecule has 0 fully saturated rings. The molecule has 0 unspecified atom stereocenters. The third kappa shape index (κ3) is 4.44. The SMILES string of the molecule is CN(Cc1cccs1)C(=O)CSc1nnc(-c2ccccc2F)n1-c1ccccc1. The number of halogens is 1. The minimum Gasteiger partial charge on any atom is -0.340 e. The van der Waals surface area contributed by atoms with Crippen LogP contribution in [0, 0.1) is 5.82 Å². The highest BCUT2D eigenvalue weighted by molar-refractivity contribution is 7.99. The molecule has 0 spiro atoms. The van der Waals surface area contributed by atoms with Crippen LogP contribution in [0.5, 0.6) is 0 Å². The van der Waals surface area contributed by atoms with Gasteiger partial charge in [0, 0.05) is 17.6 Å². The van der Waals surface area contributed by atoms with Gasteiger partial charge in [-0.05, 0) is 35.7 Å². The Bertz CT molecular complexity index is 1130. The van der Waals surface area contributed by atoms with Crippen LogP contribution in [0.25, 0.3) is 17.1 Å². The Morgan fingerprint density at radius 2 is 1.83 bits per heavy atom. The first-order valence-corrected chi connectivity index (χ1v) is 11.1. The van der Waals surface area contributed by atoms with Crippen LogP contribution < -0.4 is 0 Å². The lowest BCUT2D eigenvalue weighted by molar-refractivity contribution is -0.127. The molecule has 0 bridgehead atoms. The van der Waals surface area contributed by atoms with E-state index in [9.17, 15) is 9.18 Å². The Morgan fingerprint density at radius 1 is 1.07 bits per heavy atom. The normalized spacial score (nSPS) is 10.9. The van der Waals surface area contributed by atoms with Crippen molar-refractivity contribution in [3.05, 3.63) is 82.8 Å². The molecule has 0 aliphatic carbocycles. The number of carbonyl (C=O) groups is 1. The van der Waals surface area contributed by atoms with Crippen LogP contribution in [-0.4, -0.2) is 38.4 Å². The van der Waals surface area contributed by atoms with Gasteiger partial charge in [-0.3, -0.25) is 9.36 Å². The van der Waals surface area contributed by atoms with Crippen molar-refractivity contribution in [1.29, 1.82) is 0 Å². The topological polar surface area (TPSA) is 51.0 Å². The van der Waals surface area contributed by atoms with E-state index in [2.05, 4.69) is 10.2 Å². The fourth-order valence-electron chi connectivity index (χ4n) is 2.95. The maximum Gasteiger partial charge on any atom is 0.233 e. The molecule has 0 aliphatic rings. The molecule has 0 radical (unpaired) electrons. The molecule has 2 heterocycles. The number of rotatable bonds is 7. The van der Waals surface area contributed by atoms with Gasteiger partial charge in [0.15, 0.2) is 11.0 Å². The van der Waals surface area contributed by atoms with Gasteiger partial charge in [0.2, 0.25) is 5.91 Å². The van der Waals surface area contributed by atoms with Crippen LogP contribution in [-0.2, 0) is 11.3 Å². The predicted octanol–water partition coefficient (Wildman–Crippen LogP) is 4.89. The maximum absolute atomic E-state index is 14.4. The minimum atomic E-state index is -0.370. The first kappa shape index (κ1) is 20.3. The average Bonchev–Trinajstić information content (AvgIpc) is 3.43. The predicted molar refractivity (Wildman–Crippen MR) is 118 cm³/mol. The molecule has 4 aromatic rings. The van der Waals surface area contributed by atoms with Gasteiger partial charge >= 0.3 is 0 Å². The van der Waals surface area contributed by atoms with Gasteiger partial charge in [0.05, 0.1) is 17.9 Å². The number of thioether (sulfide) groups is 1. The van der Waals surface area contributed by atoms with E-state index in [0.717, 1.165) is 10.6 Å². The summed E-state index contributed by atoms with van der Waals surface area (Å²) in [5.41, 5.74) is 1.17. The molecule has 2 aromatic heterocycles. The number of para-hydroxylation sites is 1. The van der Waals surface area contributed by atoms with Crippen molar-refractivity contribution in [2.45, 2.75) is 11.7 Å². The summed E-state index contributed by atoms with van der Waals surface area (Å²) in [7, 11) is 1.79. The van der Waals surface area contributed by atoms with E-state index in [1.165, 1.54) is 17.8 Å². The Labute approximate surface area is 182 Å². The van der Waals surface area contributed by atoms with E-state index >= 15 is 0 Å². The molecule has 30 heavy (non-hydrogen) atoms. The molecule has 152 valence electrons. The van der Waals surface area contributed by atoms with Crippen molar-refractivity contribution in [2.75, 3.05) is 12.8 Å². The van der Waals surface area contributed by atoms with E-state index < -0.39 is 0 Å². The lowest BCUT2D eigenvalue weighted by atomic mass is 10.2. The summed E-state index contributed by atoms with van der Waals surface area (Å²) in [6.45, 7) is 0.572. The Morgan fingerprint density at radius 3 is 2.57 bits per heavy atom. The van der Waals surface area contributed by atoms with Crippen molar-refractivity contribution >= 4 is 29.0 Å². The average molecular weight is 439 g/mol. The number of aromatic nitrogens is 3. The molecule has 0 saturated heterocycles. The first-order valence-electron chi connectivity index (χ1n) is 9.28. The van der Waals surface area contributed by atoms with Crippen LogP contribution >= 0.6 is 23.1 Å². The van der Waals surface area contributed by atoms with Crippen molar-refractivity contribution in [1.82, 2.24) is 19.7 Å². The van der Waals surface area contributed by atoms with Crippen molar-refractivity contribution in [2.24, 2.45) is 0 Å². The Kier molecular flexibility index (Phi) is 6.25. The second-order valence-electron chi connectivity index (χ2n) is 6.57. The van der Waals surface area contributed by atoms with Gasteiger partial charge in [-0.1, -0.05) is 48.2 Å². The Hall–Kier alpha value is -2.97. The van der Waals surface area contributed by atoms with E-state index in [1.54, 1.807) is 46.1 Å². The van der Waals surface area contributed by atoms with Crippen molar-refractivity contribution in [3.63, 3.8) is 0 Å². The fraction of sp³-hybridized carbons (Fsp3) is 0.136. The van der Waals surface area contributed by atoms with Crippen LogP contribution in [0.2, 0.25) is 0 Å². The summed E-state index contributed by atoms with van der Waals surface area (Å²) >= 11 is 2.91. The van der Waals surface area contributed by atoms with Crippen molar-refractivity contribution in [3.8, 4) is 17.1 Å². The lowest BCUT2D eigenvalue weighted by Crippen LogP contribution is -2.27. The van der Waals surface area contributed by atoms with Gasteiger partial charge in [-0.2, -0.15) is 0 Å². The number of amides is 1. The third-order valence-electron chi connectivity index (χ3n) is 4.49. The molecule has 0 aliphatic heterocycles. The van der Waals surface area contributed by atoms with Crippen molar-refractivity contribution < 1.29 is 9.18 Å². The minimum absolute atomic E-state index is 0.0107.